The molecule has 0 atom stereocenters. The summed E-state index contributed by atoms with van der Waals surface area (Å²) >= 11 is 12.4. The molecule has 0 saturated carbocycles. The monoisotopic (exact) mass is 410 g/mol. The summed E-state index contributed by atoms with van der Waals surface area (Å²) in [6, 6.07) is 14.4. The maximum absolute atomic E-state index is 13.1. The van der Waals surface area contributed by atoms with Crippen LogP contribution in [0.3, 0.4) is 0 Å². The number of nitrogens with one attached hydrogen (secondary N) is 1. The first-order chi connectivity index (χ1) is 13.4. The van der Waals surface area contributed by atoms with E-state index in [1.807, 2.05) is 44.4 Å². The Bertz CT molecular complexity index is 1200. The number of hydrogen-bond acceptors (Lipinski definition) is 3. The van der Waals surface area contributed by atoms with E-state index in [1.165, 1.54) is 0 Å². The van der Waals surface area contributed by atoms with Gasteiger partial charge in [-0.3, -0.25) is 9.48 Å². The van der Waals surface area contributed by atoms with E-state index < -0.39 is 0 Å². The van der Waals surface area contributed by atoms with E-state index in [0.717, 1.165) is 22.2 Å². The van der Waals surface area contributed by atoms with Gasteiger partial charge < -0.3 is 5.32 Å². The molecule has 1 amide bonds. The lowest BCUT2D eigenvalue weighted by molar-refractivity contribution is 0.102. The number of halogens is 2. The van der Waals surface area contributed by atoms with Gasteiger partial charge in [-0.05, 0) is 31.2 Å². The van der Waals surface area contributed by atoms with Crippen molar-refractivity contribution in [3.8, 4) is 11.3 Å². The van der Waals surface area contributed by atoms with Gasteiger partial charge in [0, 0.05) is 24.2 Å². The van der Waals surface area contributed by atoms with Crippen molar-refractivity contribution in [3.63, 3.8) is 0 Å². The van der Waals surface area contributed by atoms with E-state index in [-0.39, 0.29) is 5.91 Å². The Labute approximate surface area is 171 Å². The number of pyridine rings is 1. The highest BCUT2D eigenvalue weighted by atomic mass is 35.5. The molecule has 4 rings (SSSR count). The summed E-state index contributed by atoms with van der Waals surface area (Å²) in [7, 11) is 1.85. The lowest BCUT2D eigenvalue weighted by atomic mass is 10.0. The summed E-state index contributed by atoms with van der Waals surface area (Å²) in [6.45, 7) is 1.91. The smallest absolute Gasteiger partial charge is 0.256 e. The average Bonchev–Trinajstić information content (AvgIpc) is 3.02. The van der Waals surface area contributed by atoms with Gasteiger partial charge in [-0.25, -0.2) is 4.98 Å². The molecule has 140 valence electrons. The van der Waals surface area contributed by atoms with Crippen LogP contribution in [0.15, 0.2) is 54.7 Å². The summed E-state index contributed by atoms with van der Waals surface area (Å²) in [5, 5.41) is 8.71. The fourth-order valence-electron chi connectivity index (χ4n) is 3.15. The Kier molecular flexibility index (Phi) is 4.79. The Morgan fingerprint density at radius 1 is 1.07 bits per heavy atom. The van der Waals surface area contributed by atoms with Crippen LogP contribution in [0.25, 0.3) is 22.2 Å². The van der Waals surface area contributed by atoms with Gasteiger partial charge in [0.25, 0.3) is 5.91 Å². The standard InChI is InChI=1S/C21H16Cl2N4O/c1-12-15(11-27(2)26-12)19-10-14(13-6-3-4-9-18(13)24-19)21(28)25-20-16(22)7-5-8-17(20)23/h3-11H,1-2H3,(H,25,28). The molecule has 0 spiro atoms. The molecular weight excluding hydrogens is 395 g/mol. The van der Waals surface area contributed by atoms with Gasteiger partial charge in [0.1, 0.15) is 0 Å². The van der Waals surface area contributed by atoms with E-state index in [1.54, 1.807) is 28.9 Å². The molecule has 2 heterocycles. The zero-order valence-corrected chi connectivity index (χ0v) is 16.7. The number of carbonyl (C=O) groups excluding carboxylic acids is 1. The Hall–Kier alpha value is -2.89. The summed E-state index contributed by atoms with van der Waals surface area (Å²) < 4.78 is 1.73. The predicted molar refractivity (Wildman–Crippen MR) is 113 cm³/mol. The van der Waals surface area contributed by atoms with E-state index >= 15 is 0 Å². The lowest BCUT2D eigenvalue weighted by Crippen LogP contribution is -2.14. The maximum atomic E-state index is 13.1. The number of aryl methyl sites for hydroxylation is 2. The number of benzene rings is 2. The topological polar surface area (TPSA) is 59.8 Å². The van der Waals surface area contributed by atoms with Crippen molar-refractivity contribution in [2.45, 2.75) is 6.92 Å². The third-order valence-electron chi connectivity index (χ3n) is 4.45. The summed E-state index contributed by atoms with van der Waals surface area (Å²) in [4.78, 5) is 17.8. The number of nitrogens with zero attached hydrogens (tertiary/aromatic N) is 3. The van der Waals surface area contributed by atoms with Gasteiger partial charge >= 0.3 is 0 Å². The molecule has 0 aliphatic rings. The number of carbonyl (C=O) groups is 1. The van der Waals surface area contributed by atoms with Crippen molar-refractivity contribution in [2.75, 3.05) is 5.32 Å². The van der Waals surface area contributed by atoms with Crippen LogP contribution in [0.4, 0.5) is 5.69 Å². The number of hydrogen-bond donors (Lipinski definition) is 1. The minimum atomic E-state index is -0.309. The molecule has 0 fully saturated rings. The molecular formula is C21H16Cl2N4O. The second kappa shape index (κ2) is 7.26. The van der Waals surface area contributed by atoms with E-state index in [9.17, 15) is 4.79 Å². The first kappa shape index (κ1) is 18.5. The molecule has 0 unspecified atom stereocenters. The van der Waals surface area contributed by atoms with Crippen molar-refractivity contribution in [1.29, 1.82) is 0 Å². The van der Waals surface area contributed by atoms with Gasteiger partial charge in [0.2, 0.25) is 0 Å². The number of rotatable bonds is 3. The summed E-state index contributed by atoms with van der Waals surface area (Å²) in [6.07, 6.45) is 1.89. The second-order valence-electron chi connectivity index (χ2n) is 6.42. The van der Waals surface area contributed by atoms with Crippen LogP contribution in [0.2, 0.25) is 10.0 Å². The molecule has 1 N–H and O–H groups in total. The van der Waals surface area contributed by atoms with Crippen LogP contribution in [0.1, 0.15) is 16.1 Å². The summed E-state index contributed by atoms with van der Waals surface area (Å²) in [5.74, 6) is -0.309. The van der Waals surface area contributed by atoms with Crippen molar-refractivity contribution >= 4 is 45.7 Å². The van der Waals surface area contributed by atoms with Gasteiger partial charge in [-0.1, -0.05) is 47.5 Å². The Balaban J connectivity index is 1.85. The normalized spacial score (nSPS) is 11.0. The van der Waals surface area contributed by atoms with Gasteiger partial charge in [0.05, 0.1) is 38.2 Å². The zero-order valence-electron chi connectivity index (χ0n) is 15.2. The number of fused-ring (bicyclic) bond motifs is 1. The first-order valence-corrected chi connectivity index (χ1v) is 9.35. The Morgan fingerprint density at radius 3 is 2.46 bits per heavy atom. The third kappa shape index (κ3) is 3.35. The van der Waals surface area contributed by atoms with Crippen LogP contribution in [0.5, 0.6) is 0 Å². The average molecular weight is 411 g/mol. The number of anilines is 1. The molecule has 0 aliphatic heterocycles. The molecule has 0 saturated heterocycles. The van der Waals surface area contributed by atoms with Crippen LogP contribution in [-0.4, -0.2) is 20.7 Å². The van der Waals surface area contributed by atoms with Crippen LogP contribution in [-0.2, 0) is 7.05 Å². The number of aromatic nitrogens is 3. The van der Waals surface area contributed by atoms with Crippen molar-refractivity contribution in [3.05, 3.63) is 76.0 Å². The van der Waals surface area contributed by atoms with E-state index in [0.29, 0.717) is 27.0 Å². The quantitative estimate of drug-likeness (QED) is 0.484. The SMILES string of the molecule is Cc1nn(C)cc1-c1cc(C(=O)Nc2c(Cl)cccc2Cl)c2ccccc2n1. The van der Waals surface area contributed by atoms with E-state index in [4.69, 9.17) is 28.2 Å². The molecule has 7 heteroatoms. The maximum Gasteiger partial charge on any atom is 0.256 e. The molecule has 0 radical (unpaired) electrons. The molecule has 0 bridgehead atoms. The molecule has 4 aromatic rings. The number of amides is 1. The fourth-order valence-corrected chi connectivity index (χ4v) is 3.64. The highest BCUT2D eigenvalue weighted by Gasteiger charge is 2.18. The highest BCUT2D eigenvalue weighted by Crippen LogP contribution is 2.32. The molecule has 2 aromatic heterocycles. The van der Waals surface area contributed by atoms with Crippen molar-refractivity contribution < 1.29 is 4.79 Å². The van der Waals surface area contributed by atoms with Crippen LogP contribution >= 0.6 is 23.2 Å². The summed E-state index contributed by atoms with van der Waals surface area (Å²) in [5.41, 5.74) is 3.98. The molecule has 0 aliphatic carbocycles. The highest BCUT2D eigenvalue weighted by molar-refractivity contribution is 6.40. The van der Waals surface area contributed by atoms with Crippen LogP contribution < -0.4 is 5.32 Å². The van der Waals surface area contributed by atoms with Crippen LogP contribution in [0, 0.1) is 6.92 Å². The van der Waals surface area contributed by atoms with Crippen molar-refractivity contribution in [1.82, 2.24) is 14.8 Å². The zero-order chi connectivity index (χ0) is 19.8. The third-order valence-corrected chi connectivity index (χ3v) is 5.08. The fraction of sp³-hybridized carbons (Fsp3) is 0.0952. The molecule has 28 heavy (non-hydrogen) atoms. The van der Waals surface area contributed by atoms with Crippen molar-refractivity contribution in [2.24, 2.45) is 7.05 Å². The van der Waals surface area contributed by atoms with Gasteiger partial charge in [0.15, 0.2) is 0 Å². The van der Waals surface area contributed by atoms with Gasteiger partial charge in [-0.15, -0.1) is 0 Å². The second-order valence-corrected chi connectivity index (χ2v) is 7.24. The minimum Gasteiger partial charge on any atom is -0.319 e. The molecule has 5 nitrogen and oxygen atoms in total. The minimum absolute atomic E-state index is 0.309. The Morgan fingerprint density at radius 2 is 1.79 bits per heavy atom. The first-order valence-electron chi connectivity index (χ1n) is 8.60. The predicted octanol–water partition coefficient (Wildman–Crippen LogP) is 5.50. The van der Waals surface area contributed by atoms with E-state index in [2.05, 4.69) is 10.4 Å². The van der Waals surface area contributed by atoms with Gasteiger partial charge in [-0.2, -0.15) is 5.10 Å². The lowest BCUT2D eigenvalue weighted by Gasteiger charge is -2.12. The molecule has 2 aromatic carbocycles. The largest absolute Gasteiger partial charge is 0.319 e. The number of para-hydroxylation sites is 2.